The second-order valence-electron chi connectivity index (χ2n) is 10.2. The molecule has 2 heterocycles. The molecule has 2 heteroatoms. The Kier molecular flexibility index (Phi) is 3.15. The molecular formula is C42H28N2. The molecule has 2 aromatic heterocycles. The summed E-state index contributed by atoms with van der Waals surface area (Å²) < 4.78 is 138. The van der Waals surface area contributed by atoms with Gasteiger partial charge in [-0.1, -0.05) is 109 Å². The maximum atomic E-state index is 9.70. The van der Waals surface area contributed by atoms with E-state index in [0.717, 1.165) is 11.1 Å². The standard InChI is InChI=1S/C42H28N2/c1-3-11-29(12-4-1)30-19-23-34(24-20-30)44-40-18-10-8-16-36(40)38-28-32(22-26-42(38)44)31-21-25-41-37(27-31)35-15-7-9-17-39(35)43(41)33-13-5-2-6-14-33/h1-28H/i2D,7D,8D,9D,10D,15D,16D,17D,18D,21D,22D,25D,26D,27D,28D. The van der Waals surface area contributed by atoms with Crippen LogP contribution in [0.4, 0.5) is 0 Å². The second kappa shape index (κ2) is 9.86. The van der Waals surface area contributed by atoms with Crippen molar-refractivity contribution in [3.8, 4) is 33.6 Å². The molecule has 9 aromatic rings. The molecule has 0 N–H and O–H groups in total. The molecule has 44 heavy (non-hydrogen) atoms. The lowest BCUT2D eigenvalue weighted by Crippen LogP contribution is -1.93. The van der Waals surface area contributed by atoms with Gasteiger partial charge in [0.25, 0.3) is 0 Å². The van der Waals surface area contributed by atoms with E-state index in [4.69, 9.17) is 12.3 Å². The van der Waals surface area contributed by atoms with Crippen LogP contribution in [-0.2, 0) is 0 Å². The molecule has 0 unspecified atom stereocenters. The average Bonchev–Trinajstić information content (AvgIpc) is 3.79. The van der Waals surface area contributed by atoms with Crippen LogP contribution in [0.2, 0.25) is 0 Å². The molecule has 0 aliphatic heterocycles. The summed E-state index contributed by atoms with van der Waals surface area (Å²) in [6.45, 7) is 0. The van der Waals surface area contributed by atoms with E-state index in [9.17, 15) is 8.22 Å². The van der Waals surface area contributed by atoms with Crippen molar-refractivity contribution in [3.63, 3.8) is 0 Å². The molecular weight excluding hydrogens is 532 g/mol. The Morgan fingerprint density at radius 1 is 0.341 bits per heavy atom. The minimum absolute atomic E-state index is 0.0522. The monoisotopic (exact) mass is 575 g/mol. The van der Waals surface area contributed by atoms with Gasteiger partial charge in [-0.2, -0.15) is 0 Å². The average molecular weight is 576 g/mol. The summed E-state index contributed by atoms with van der Waals surface area (Å²) in [5, 5.41) is -0.561. The topological polar surface area (TPSA) is 9.86 Å². The van der Waals surface area contributed by atoms with Crippen molar-refractivity contribution in [1.29, 1.82) is 0 Å². The van der Waals surface area contributed by atoms with Gasteiger partial charge < -0.3 is 9.13 Å². The van der Waals surface area contributed by atoms with Crippen molar-refractivity contribution in [3.05, 3.63) is 169 Å². The van der Waals surface area contributed by atoms with E-state index in [-0.39, 0.29) is 49.7 Å². The van der Waals surface area contributed by atoms with Crippen LogP contribution in [0, 0.1) is 0 Å². The normalized spacial score (nSPS) is 16.4. The number of aromatic nitrogens is 2. The molecule has 206 valence electrons. The molecule has 0 saturated heterocycles. The van der Waals surface area contributed by atoms with E-state index in [0.29, 0.717) is 11.4 Å². The number of fused-ring (bicyclic) bond motifs is 6. The van der Waals surface area contributed by atoms with Crippen LogP contribution in [-0.4, -0.2) is 9.13 Å². The summed E-state index contributed by atoms with van der Waals surface area (Å²) in [5.41, 5.74) is 1.24. The van der Waals surface area contributed by atoms with E-state index < -0.39 is 95.7 Å². The number of para-hydroxylation sites is 3. The molecule has 0 saturated carbocycles. The number of hydrogen-bond donors (Lipinski definition) is 0. The predicted octanol–water partition coefficient (Wildman–Crippen LogP) is 11.2. The molecule has 0 spiro atoms. The van der Waals surface area contributed by atoms with Crippen molar-refractivity contribution in [2.24, 2.45) is 0 Å². The first-order valence-electron chi connectivity index (χ1n) is 21.4. The molecule has 0 aliphatic rings. The van der Waals surface area contributed by atoms with E-state index in [2.05, 4.69) is 0 Å². The molecule has 0 radical (unpaired) electrons. The lowest BCUT2D eigenvalue weighted by molar-refractivity contribution is 1.18. The van der Waals surface area contributed by atoms with Crippen LogP contribution >= 0.6 is 0 Å². The molecule has 0 bridgehead atoms. The quantitative estimate of drug-likeness (QED) is 0.197. The lowest BCUT2D eigenvalue weighted by atomic mass is 10.0. The van der Waals surface area contributed by atoms with Crippen LogP contribution in [0.1, 0.15) is 20.6 Å². The van der Waals surface area contributed by atoms with Gasteiger partial charge in [-0.05, 0) is 82.8 Å². The van der Waals surface area contributed by atoms with Crippen LogP contribution in [0.25, 0.3) is 77.2 Å². The summed E-state index contributed by atoms with van der Waals surface area (Å²) in [6.07, 6.45) is 0. The largest absolute Gasteiger partial charge is 0.309 e. The third-order valence-corrected chi connectivity index (χ3v) is 7.76. The SMILES string of the molecule is [2H]c1ccc(-n2c3c([2H])c([2H])c([2H])c([2H])c3c3c([2H])c(-c4c([2H])c([2H])c5c(c4[2H])c4c([2H])c([2H])c([2H])c([2H])c4n5-c4ccc(-c5ccccc5)cc4)c([2H])c([2H])c32)cc1. The van der Waals surface area contributed by atoms with Gasteiger partial charge in [0.1, 0.15) is 0 Å². The smallest absolute Gasteiger partial charge is 0.0645 e. The molecule has 0 aliphatic carbocycles. The minimum Gasteiger partial charge on any atom is -0.309 e. The highest BCUT2D eigenvalue weighted by atomic mass is 15.0. The fraction of sp³-hybridized carbons (Fsp3) is 0. The van der Waals surface area contributed by atoms with Gasteiger partial charge in [0, 0.05) is 32.9 Å². The maximum Gasteiger partial charge on any atom is 0.0645 e. The van der Waals surface area contributed by atoms with E-state index in [1.807, 2.05) is 42.5 Å². The van der Waals surface area contributed by atoms with E-state index in [1.54, 1.807) is 12.1 Å². The van der Waals surface area contributed by atoms with Crippen LogP contribution in [0.15, 0.2) is 169 Å². The van der Waals surface area contributed by atoms with Gasteiger partial charge in [-0.3, -0.25) is 0 Å². The third-order valence-electron chi connectivity index (χ3n) is 7.76. The Hall–Kier alpha value is -5.86. The van der Waals surface area contributed by atoms with Crippen molar-refractivity contribution in [2.75, 3.05) is 0 Å². The van der Waals surface area contributed by atoms with Crippen molar-refractivity contribution in [2.45, 2.75) is 0 Å². The van der Waals surface area contributed by atoms with E-state index in [1.165, 1.54) is 33.4 Å². The Balaban J connectivity index is 1.44. The number of rotatable bonds is 4. The van der Waals surface area contributed by atoms with Gasteiger partial charge in [0.15, 0.2) is 0 Å². The molecule has 0 atom stereocenters. The summed E-state index contributed by atoms with van der Waals surface area (Å²) >= 11 is 0. The van der Waals surface area contributed by atoms with Crippen LogP contribution in [0.5, 0.6) is 0 Å². The third kappa shape index (κ3) is 3.82. The number of benzene rings is 7. The van der Waals surface area contributed by atoms with Crippen molar-refractivity contribution >= 4 is 43.6 Å². The van der Waals surface area contributed by atoms with E-state index >= 15 is 0 Å². The van der Waals surface area contributed by atoms with Gasteiger partial charge in [-0.15, -0.1) is 0 Å². The lowest BCUT2D eigenvalue weighted by Gasteiger charge is -2.10. The van der Waals surface area contributed by atoms with Crippen LogP contribution < -0.4 is 0 Å². The number of nitrogens with zero attached hydrogens (tertiary/aromatic N) is 2. The summed E-state index contributed by atoms with van der Waals surface area (Å²) in [4.78, 5) is 0. The summed E-state index contributed by atoms with van der Waals surface area (Å²) in [5.74, 6) is 0. The Bertz CT molecular complexity index is 3300. The summed E-state index contributed by atoms with van der Waals surface area (Å²) in [7, 11) is 0. The van der Waals surface area contributed by atoms with Gasteiger partial charge in [0.2, 0.25) is 0 Å². The fourth-order valence-electron chi connectivity index (χ4n) is 5.76. The summed E-state index contributed by atoms with van der Waals surface area (Å²) in [6, 6.07) is 15.0. The number of hydrogen-bond acceptors (Lipinski definition) is 0. The second-order valence-corrected chi connectivity index (χ2v) is 10.2. The first kappa shape index (κ1) is 14.1. The minimum atomic E-state index is -0.637. The highest BCUT2D eigenvalue weighted by Gasteiger charge is 2.16. The zero-order chi connectivity index (χ0) is 42.1. The molecule has 7 aromatic carbocycles. The Morgan fingerprint density at radius 3 is 1.39 bits per heavy atom. The van der Waals surface area contributed by atoms with Crippen molar-refractivity contribution in [1.82, 2.24) is 9.13 Å². The maximum absolute atomic E-state index is 9.70. The van der Waals surface area contributed by atoms with Crippen LogP contribution in [0.3, 0.4) is 0 Å². The van der Waals surface area contributed by atoms with Gasteiger partial charge in [0.05, 0.1) is 42.6 Å². The zero-order valence-corrected chi connectivity index (χ0v) is 22.9. The Morgan fingerprint density at radius 2 is 0.818 bits per heavy atom. The zero-order valence-electron chi connectivity index (χ0n) is 37.9. The molecule has 2 nitrogen and oxygen atoms in total. The fourth-order valence-corrected chi connectivity index (χ4v) is 5.76. The molecule has 0 fully saturated rings. The highest BCUT2D eigenvalue weighted by Crippen LogP contribution is 2.38. The van der Waals surface area contributed by atoms with Gasteiger partial charge >= 0.3 is 0 Å². The first-order chi connectivity index (χ1) is 28.1. The van der Waals surface area contributed by atoms with Crippen molar-refractivity contribution < 1.29 is 20.6 Å². The first-order valence-corrected chi connectivity index (χ1v) is 13.9. The molecule has 0 amide bonds. The Labute approximate surface area is 276 Å². The predicted molar refractivity (Wildman–Crippen MR) is 186 cm³/mol. The van der Waals surface area contributed by atoms with Gasteiger partial charge in [-0.25, -0.2) is 0 Å². The molecule has 9 rings (SSSR count). The highest BCUT2D eigenvalue weighted by molar-refractivity contribution is 6.12.